The Labute approximate surface area is 95.4 Å². The predicted molar refractivity (Wildman–Crippen MR) is 63.6 cm³/mol. The van der Waals surface area contributed by atoms with Crippen LogP contribution >= 0.6 is 0 Å². The smallest absolute Gasteiger partial charge is 0.0996 e. The fourth-order valence-electron chi connectivity index (χ4n) is 1.63. The standard InChI is InChI=1S/C13H16N2O/c1-10(2)11-4-3-5-13(6-11)15-7-12(8-16)14-9-15/h3-7,9-10,16H,8H2,1-2H3. The van der Waals surface area contributed by atoms with Crippen molar-refractivity contribution in [3.8, 4) is 5.69 Å². The molecule has 0 radical (unpaired) electrons. The lowest BCUT2D eigenvalue weighted by Crippen LogP contribution is -1.93. The van der Waals surface area contributed by atoms with Crippen LogP contribution in [-0.2, 0) is 6.61 Å². The average molecular weight is 216 g/mol. The van der Waals surface area contributed by atoms with E-state index in [1.165, 1.54) is 5.56 Å². The molecule has 0 unspecified atom stereocenters. The molecule has 1 heterocycles. The normalized spacial score (nSPS) is 11.0. The van der Waals surface area contributed by atoms with Gasteiger partial charge in [-0.2, -0.15) is 0 Å². The van der Waals surface area contributed by atoms with Gasteiger partial charge in [-0.25, -0.2) is 4.98 Å². The zero-order valence-corrected chi connectivity index (χ0v) is 9.59. The van der Waals surface area contributed by atoms with Gasteiger partial charge in [0.25, 0.3) is 0 Å². The minimum Gasteiger partial charge on any atom is -0.390 e. The van der Waals surface area contributed by atoms with E-state index in [-0.39, 0.29) is 6.61 Å². The number of aromatic nitrogens is 2. The maximum Gasteiger partial charge on any atom is 0.0996 e. The molecule has 0 aliphatic rings. The molecule has 0 saturated carbocycles. The molecule has 0 aliphatic carbocycles. The lowest BCUT2D eigenvalue weighted by Gasteiger charge is -2.08. The molecule has 0 bridgehead atoms. The van der Waals surface area contributed by atoms with Gasteiger partial charge in [0.15, 0.2) is 0 Å². The quantitative estimate of drug-likeness (QED) is 0.856. The van der Waals surface area contributed by atoms with E-state index in [0.29, 0.717) is 11.6 Å². The van der Waals surface area contributed by atoms with E-state index in [2.05, 4.69) is 31.0 Å². The van der Waals surface area contributed by atoms with Crippen molar-refractivity contribution in [2.45, 2.75) is 26.4 Å². The fraction of sp³-hybridized carbons (Fsp3) is 0.308. The Balaban J connectivity index is 2.36. The number of rotatable bonds is 3. The van der Waals surface area contributed by atoms with Crippen molar-refractivity contribution >= 4 is 0 Å². The second-order valence-corrected chi connectivity index (χ2v) is 4.18. The van der Waals surface area contributed by atoms with Crippen LogP contribution in [0.15, 0.2) is 36.8 Å². The van der Waals surface area contributed by atoms with Crippen LogP contribution in [0.25, 0.3) is 5.69 Å². The lowest BCUT2D eigenvalue weighted by molar-refractivity contribution is 0.277. The summed E-state index contributed by atoms with van der Waals surface area (Å²) in [7, 11) is 0. The van der Waals surface area contributed by atoms with Crippen LogP contribution in [0.3, 0.4) is 0 Å². The third-order valence-corrected chi connectivity index (χ3v) is 2.63. The van der Waals surface area contributed by atoms with Gasteiger partial charge in [0, 0.05) is 11.9 Å². The Morgan fingerprint density at radius 3 is 2.81 bits per heavy atom. The molecule has 2 aromatic rings. The molecule has 1 aromatic heterocycles. The number of benzene rings is 1. The Morgan fingerprint density at radius 2 is 2.19 bits per heavy atom. The number of aliphatic hydroxyl groups is 1. The molecule has 84 valence electrons. The van der Waals surface area contributed by atoms with Crippen molar-refractivity contribution in [3.63, 3.8) is 0 Å². The van der Waals surface area contributed by atoms with Crippen molar-refractivity contribution in [1.82, 2.24) is 9.55 Å². The first-order chi connectivity index (χ1) is 7.70. The van der Waals surface area contributed by atoms with Crippen molar-refractivity contribution < 1.29 is 5.11 Å². The second-order valence-electron chi connectivity index (χ2n) is 4.18. The van der Waals surface area contributed by atoms with E-state index in [1.807, 2.05) is 22.9 Å². The maximum atomic E-state index is 8.96. The minimum absolute atomic E-state index is 0.0170. The topological polar surface area (TPSA) is 38.0 Å². The van der Waals surface area contributed by atoms with Gasteiger partial charge in [0.1, 0.15) is 0 Å². The van der Waals surface area contributed by atoms with Crippen molar-refractivity contribution in [2.75, 3.05) is 0 Å². The van der Waals surface area contributed by atoms with Crippen LogP contribution < -0.4 is 0 Å². The molecule has 1 aromatic carbocycles. The molecule has 0 fully saturated rings. The summed E-state index contributed by atoms with van der Waals surface area (Å²) in [6.07, 6.45) is 3.57. The molecule has 1 N–H and O–H groups in total. The minimum atomic E-state index is -0.0170. The van der Waals surface area contributed by atoms with Crippen molar-refractivity contribution in [1.29, 1.82) is 0 Å². The highest BCUT2D eigenvalue weighted by atomic mass is 16.3. The Morgan fingerprint density at radius 1 is 1.38 bits per heavy atom. The molecule has 0 aliphatic heterocycles. The zero-order valence-electron chi connectivity index (χ0n) is 9.59. The van der Waals surface area contributed by atoms with Crippen LogP contribution in [0.4, 0.5) is 0 Å². The zero-order chi connectivity index (χ0) is 11.5. The second kappa shape index (κ2) is 4.49. The predicted octanol–water partition coefficient (Wildman–Crippen LogP) is 2.49. The molecule has 16 heavy (non-hydrogen) atoms. The van der Waals surface area contributed by atoms with E-state index < -0.39 is 0 Å². The summed E-state index contributed by atoms with van der Waals surface area (Å²) in [6.45, 7) is 4.33. The summed E-state index contributed by atoms with van der Waals surface area (Å²) in [4.78, 5) is 4.10. The summed E-state index contributed by atoms with van der Waals surface area (Å²) in [5.41, 5.74) is 3.07. The third kappa shape index (κ3) is 2.14. The van der Waals surface area contributed by atoms with Crippen molar-refractivity contribution in [3.05, 3.63) is 48.0 Å². The van der Waals surface area contributed by atoms with Gasteiger partial charge in [-0.15, -0.1) is 0 Å². The molecular weight excluding hydrogens is 200 g/mol. The van der Waals surface area contributed by atoms with Gasteiger partial charge in [0.2, 0.25) is 0 Å². The SMILES string of the molecule is CC(C)c1cccc(-n2cnc(CO)c2)c1. The first-order valence-electron chi connectivity index (χ1n) is 5.45. The largest absolute Gasteiger partial charge is 0.390 e. The molecule has 3 heteroatoms. The van der Waals surface area contributed by atoms with Crippen LogP contribution in [0.5, 0.6) is 0 Å². The number of imidazole rings is 1. The van der Waals surface area contributed by atoms with Crippen LogP contribution in [-0.4, -0.2) is 14.7 Å². The van der Waals surface area contributed by atoms with Gasteiger partial charge < -0.3 is 9.67 Å². The van der Waals surface area contributed by atoms with Crippen molar-refractivity contribution in [2.24, 2.45) is 0 Å². The number of hydrogen-bond donors (Lipinski definition) is 1. The maximum absolute atomic E-state index is 8.96. The van der Waals surface area contributed by atoms with E-state index >= 15 is 0 Å². The Hall–Kier alpha value is -1.61. The van der Waals surface area contributed by atoms with Crippen LogP contribution in [0, 0.1) is 0 Å². The molecule has 3 nitrogen and oxygen atoms in total. The van der Waals surface area contributed by atoms with Gasteiger partial charge in [-0.1, -0.05) is 26.0 Å². The molecule has 0 atom stereocenters. The number of aliphatic hydroxyl groups excluding tert-OH is 1. The van der Waals surface area contributed by atoms with Gasteiger partial charge in [-0.3, -0.25) is 0 Å². The molecule has 2 rings (SSSR count). The molecular formula is C13H16N2O. The van der Waals surface area contributed by atoms with E-state index in [1.54, 1.807) is 6.33 Å². The Bertz CT molecular complexity index is 474. The van der Waals surface area contributed by atoms with Crippen LogP contribution in [0.1, 0.15) is 31.0 Å². The van der Waals surface area contributed by atoms with Crippen LogP contribution in [0.2, 0.25) is 0 Å². The highest BCUT2D eigenvalue weighted by Crippen LogP contribution is 2.18. The van der Waals surface area contributed by atoms with Gasteiger partial charge >= 0.3 is 0 Å². The Kier molecular flexibility index (Phi) is 3.06. The van der Waals surface area contributed by atoms with Gasteiger partial charge in [0.05, 0.1) is 18.6 Å². The highest BCUT2D eigenvalue weighted by molar-refractivity contribution is 5.37. The summed E-state index contributed by atoms with van der Waals surface area (Å²) in [6, 6.07) is 8.35. The fourth-order valence-corrected chi connectivity index (χ4v) is 1.63. The molecule has 0 saturated heterocycles. The summed E-state index contributed by atoms with van der Waals surface area (Å²) < 4.78 is 1.93. The van der Waals surface area contributed by atoms with E-state index in [9.17, 15) is 0 Å². The monoisotopic (exact) mass is 216 g/mol. The highest BCUT2D eigenvalue weighted by Gasteiger charge is 2.03. The average Bonchev–Trinajstić information content (AvgIpc) is 2.77. The molecule has 0 amide bonds. The third-order valence-electron chi connectivity index (χ3n) is 2.63. The number of hydrogen-bond acceptors (Lipinski definition) is 2. The first kappa shape index (κ1) is 10.9. The summed E-state index contributed by atoms with van der Waals surface area (Å²) in [5, 5.41) is 8.96. The van der Waals surface area contributed by atoms with E-state index in [4.69, 9.17) is 5.11 Å². The molecule has 0 spiro atoms. The first-order valence-corrected chi connectivity index (χ1v) is 5.45. The lowest BCUT2D eigenvalue weighted by atomic mass is 10.0. The van der Waals surface area contributed by atoms with E-state index in [0.717, 1.165) is 5.69 Å². The summed E-state index contributed by atoms with van der Waals surface area (Å²) >= 11 is 0. The summed E-state index contributed by atoms with van der Waals surface area (Å²) in [5.74, 6) is 0.515. The van der Waals surface area contributed by atoms with Gasteiger partial charge in [-0.05, 0) is 23.6 Å². The number of nitrogens with zero attached hydrogens (tertiary/aromatic N) is 2.